The van der Waals surface area contributed by atoms with Gasteiger partial charge in [0.05, 0.1) is 6.04 Å². The standard InChI is InChI=1S/C32H42N4O6/c1-22(2)19-26-21-34(31(41)32(42)36(26)18-15-24-8-12-28(38)13-9-24)16-4-3-5-25-20-33-29(39)30(40)35(25)17-14-23-6-10-27(37)11-7-23/h6-13,22,25-26,37-38H,3-5,14-21H2,1-2H3,(H,33,39)/t25-,26-/m0/s1. The molecule has 0 spiro atoms. The van der Waals surface area contributed by atoms with E-state index in [1.807, 2.05) is 12.1 Å². The van der Waals surface area contributed by atoms with Crippen LogP contribution in [0, 0.1) is 5.92 Å². The van der Waals surface area contributed by atoms with Crippen LogP contribution in [0.15, 0.2) is 48.5 Å². The van der Waals surface area contributed by atoms with Gasteiger partial charge >= 0.3 is 23.6 Å². The Hall–Kier alpha value is -4.08. The lowest BCUT2D eigenvalue weighted by atomic mass is 9.98. The second-order valence-electron chi connectivity index (χ2n) is 11.7. The highest BCUT2D eigenvalue weighted by Gasteiger charge is 2.39. The van der Waals surface area contributed by atoms with Crippen molar-refractivity contribution in [1.29, 1.82) is 0 Å². The molecule has 42 heavy (non-hydrogen) atoms. The van der Waals surface area contributed by atoms with Crippen LogP contribution in [0.5, 0.6) is 11.5 Å². The predicted molar refractivity (Wildman–Crippen MR) is 158 cm³/mol. The Morgan fingerprint density at radius 2 is 1.29 bits per heavy atom. The van der Waals surface area contributed by atoms with Crippen LogP contribution < -0.4 is 5.32 Å². The van der Waals surface area contributed by atoms with E-state index in [1.54, 1.807) is 51.1 Å². The molecule has 2 atom stereocenters. The smallest absolute Gasteiger partial charge is 0.312 e. The molecule has 3 N–H and O–H groups in total. The number of phenolic OH excluding ortho intramolecular Hbond substituents is 2. The molecule has 10 nitrogen and oxygen atoms in total. The fourth-order valence-electron chi connectivity index (χ4n) is 5.82. The molecule has 2 aromatic rings. The Bertz CT molecular complexity index is 1250. The maximum atomic E-state index is 13.2. The van der Waals surface area contributed by atoms with E-state index in [-0.39, 0.29) is 23.6 Å². The van der Waals surface area contributed by atoms with Gasteiger partial charge in [-0.05, 0) is 79.8 Å². The number of amides is 4. The van der Waals surface area contributed by atoms with Crippen molar-refractivity contribution >= 4 is 23.6 Å². The van der Waals surface area contributed by atoms with Crippen molar-refractivity contribution in [3.05, 3.63) is 59.7 Å². The molecule has 0 unspecified atom stereocenters. The third-order valence-electron chi connectivity index (χ3n) is 8.11. The number of unbranched alkanes of at least 4 members (excludes halogenated alkanes) is 1. The first-order valence-corrected chi connectivity index (χ1v) is 14.9. The van der Waals surface area contributed by atoms with Crippen molar-refractivity contribution in [3.63, 3.8) is 0 Å². The number of nitrogens with zero attached hydrogens (tertiary/aromatic N) is 3. The molecule has 10 heteroatoms. The molecule has 2 saturated heterocycles. The van der Waals surface area contributed by atoms with E-state index in [1.165, 1.54) is 0 Å². The summed E-state index contributed by atoms with van der Waals surface area (Å²) in [7, 11) is 0. The minimum absolute atomic E-state index is 0.0612. The normalized spacial score (nSPS) is 19.5. The molecule has 2 fully saturated rings. The van der Waals surface area contributed by atoms with E-state index < -0.39 is 23.6 Å². The van der Waals surface area contributed by atoms with E-state index in [9.17, 15) is 29.4 Å². The molecule has 0 aromatic heterocycles. The first kappa shape index (κ1) is 30.9. The molecule has 226 valence electrons. The van der Waals surface area contributed by atoms with Gasteiger partial charge in [0.2, 0.25) is 0 Å². The molecule has 4 rings (SSSR count). The molecular formula is C32H42N4O6. The van der Waals surface area contributed by atoms with Crippen molar-refractivity contribution in [3.8, 4) is 11.5 Å². The number of benzene rings is 2. The summed E-state index contributed by atoms with van der Waals surface area (Å²) in [6.45, 7) is 6.41. The van der Waals surface area contributed by atoms with Gasteiger partial charge in [-0.15, -0.1) is 0 Å². The lowest BCUT2D eigenvalue weighted by molar-refractivity contribution is -0.159. The molecule has 2 aliphatic heterocycles. The lowest BCUT2D eigenvalue weighted by Gasteiger charge is -2.41. The van der Waals surface area contributed by atoms with Crippen LogP contribution in [-0.2, 0) is 32.0 Å². The molecule has 2 aliphatic rings. The monoisotopic (exact) mass is 578 g/mol. The van der Waals surface area contributed by atoms with E-state index in [4.69, 9.17) is 0 Å². The molecule has 2 aromatic carbocycles. The zero-order valence-corrected chi connectivity index (χ0v) is 24.5. The molecule has 4 amide bonds. The number of rotatable bonds is 13. The quantitative estimate of drug-likeness (QED) is 0.247. The first-order chi connectivity index (χ1) is 20.1. The SMILES string of the molecule is CC(C)C[C@H]1CN(CCCC[C@H]2CNC(=O)C(=O)N2CCc2ccc(O)cc2)C(=O)C(=O)N1CCc1ccc(O)cc1. The van der Waals surface area contributed by atoms with Gasteiger partial charge in [-0.1, -0.05) is 38.1 Å². The van der Waals surface area contributed by atoms with Gasteiger partial charge in [-0.25, -0.2) is 0 Å². The van der Waals surface area contributed by atoms with E-state index >= 15 is 0 Å². The van der Waals surface area contributed by atoms with Crippen LogP contribution in [0.25, 0.3) is 0 Å². The summed E-state index contributed by atoms with van der Waals surface area (Å²) in [6.07, 6.45) is 4.07. The van der Waals surface area contributed by atoms with Crippen LogP contribution in [0.3, 0.4) is 0 Å². The lowest BCUT2D eigenvalue weighted by Crippen LogP contribution is -2.60. The van der Waals surface area contributed by atoms with Gasteiger partial charge in [0.15, 0.2) is 0 Å². The van der Waals surface area contributed by atoms with Crippen LogP contribution in [0.4, 0.5) is 0 Å². The zero-order valence-electron chi connectivity index (χ0n) is 24.5. The average molecular weight is 579 g/mol. The number of nitrogens with one attached hydrogen (secondary N) is 1. The van der Waals surface area contributed by atoms with E-state index in [0.717, 1.165) is 24.0 Å². The topological polar surface area (TPSA) is 130 Å². The highest BCUT2D eigenvalue weighted by atomic mass is 16.3. The van der Waals surface area contributed by atoms with Crippen LogP contribution in [-0.4, -0.2) is 93.3 Å². The second-order valence-corrected chi connectivity index (χ2v) is 11.7. The molecule has 0 radical (unpaired) electrons. The fraction of sp³-hybridized carbons (Fsp3) is 0.500. The molecule has 0 aliphatic carbocycles. The first-order valence-electron chi connectivity index (χ1n) is 14.9. The largest absolute Gasteiger partial charge is 0.508 e. The Kier molecular flexibility index (Phi) is 10.4. The number of hydrogen-bond acceptors (Lipinski definition) is 6. The summed E-state index contributed by atoms with van der Waals surface area (Å²) >= 11 is 0. The van der Waals surface area contributed by atoms with Crippen molar-refractivity contribution in [2.75, 3.05) is 32.7 Å². The summed E-state index contributed by atoms with van der Waals surface area (Å²) in [5.74, 6) is -1.34. The summed E-state index contributed by atoms with van der Waals surface area (Å²) in [5, 5.41) is 21.7. The molecular weight excluding hydrogens is 536 g/mol. The summed E-state index contributed by atoms with van der Waals surface area (Å²) < 4.78 is 0. The third-order valence-corrected chi connectivity index (χ3v) is 8.11. The Morgan fingerprint density at radius 1 is 0.738 bits per heavy atom. The highest BCUT2D eigenvalue weighted by Crippen LogP contribution is 2.22. The Labute approximate surface area is 247 Å². The predicted octanol–water partition coefficient (Wildman–Crippen LogP) is 2.47. The maximum absolute atomic E-state index is 13.2. The van der Waals surface area contributed by atoms with Crippen LogP contribution in [0.1, 0.15) is 50.7 Å². The minimum Gasteiger partial charge on any atom is -0.508 e. The van der Waals surface area contributed by atoms with Gasteiger partial charge in [-0.2, -0.15) is 0 Å². The van der Waals surface area contributed by atoms with Crippen LogP contribution >= 0.6 is 0 Å². The summed E-state index contributed by atoms with van der Waals surface area (Å²) in [5.41, 5.74) is 1.96. The van der Waals surface area contributed by atoms with E-state index in [2.05, 4.69) is 19.2 Å². The van der Waals surface area contributed by atoms with Crippen molar-refractivity contribution in [2.45, 2.75) is 64.5 Å². The fourth-order valence-corrected chi connectivity index (χ4v) is 5.82. The molecule has 2 heterocycles. The maximum Gasteiger partial charge on any atom is 0.312 e. The molecule has 0 bridgehead atoms. The third kappa shape index (κ3) is 8.02. The van der Waals surface area contributed by atoms with Crippen molar-refractivity contribution in [1.82, 2.24) is 20.0 Å². The van der Waals surface area contributed by atoms with Gasteiger partial charge in [0, 0.05) is 38.8 Å². The second kappa shape index (κ2) is 14.2. The number of hydrogen-bond donors (Lipinski definition) is 3. The number of carbonyl (C=O) groups excluding carboxylic acids is 4. The van der Waals surface area contributed by atoms with Gasteiger partial charge < -0.3 is 30.2 Å². The number of piperazine rings is 2. The summed E-state index contributed by atoms with van der Waals surface area (Å²) in [6, 6.07) is 13.5. The van der Waals surface area contributed by atoms with Gasteiger partial charge in [-0.3, -0.25) is 19.2 Å². The molecule has 0 saturated carbocycles. The highest BCUT2D eigenvalue weighted by molar-refractivity contribution is 6.36. The van der Waals surface area contributed by atoms with Gasteiger partial charge in [0.1, 0.15) is 11.5 Å². The summed E-state index contributed by atoms with van der Waals surface area (Å²) in [4.78, 5) is 56.0. The van der Waals surface area contributed by atoms with Crippen molar-refractivity contribution in [2.24, 2.45) is 5.92 Å². The minimum atomic E-state index is -0.597. The van der Waals surface area contributed by atoms with E-state index in [0.29, 0.717) is 64.3 Å². The van der Waals surface area contributed by atoms with Gasteiger partial charge in [0.25, 0.3) is 0 Å². The van der Waals surface area contributed by atoms with Crippen molar-refractivity contribution < 1.29 is 29.4 Å². The number of carbonyl (C=O) groups is 4. The van der Waals surface area contributed by atoms with Crippen LogP contribution in [0.2, 0.25) is 0 Å². The zero-order chi connectivity index (χ0) is 30.2. The Morgan fingerprint density at radius 3 is 1.83 bits per heavy atom. The number of phenols is 2. The average Bonchev–Trinajstić information content (AvgIpc) is 2.96. The number of aromatic hydroxyl groups is 2. The Balaban J connectivity index is 1.30.